The van der Waals surface area contributed by atoms with Crippen LogP contribution >= 0.6 is 0 Å². The average molecular weight is 327 g/mol. The normalized spacial score (nSPS) is 11.2. The lowest BCUT2D eigenvalue weighted by atomic mass is 10.0. The monoisotopic (exact) mass is 327 g/mol. The number of carbonyl (C=O) groups excluding carboxylic acids is 1. The number of benzene rings is 3. The minimum Gasteiger partial charge on any atom is -0.322 e. The number of amides is 1. The van der Waals surface area contributed by atoms with E-state index in [0.717, 1.165) is 22.4 Å². The summed E-state index contributed by atoms with van der Waals surface area (Å²) in [5, 5.41) is 3.05. The molecule has 1 N–H and O–H groups in total. The molecule has 0 saturated carbocycles. The van der Waals surface area contributed by atoms with Crippen molar-refractivity contribution < 1.29 is 4.79 Å². The van der Waals surface area contributed by atoms with Crippen molar-refractivity contribution in [3.63, 3.8) is 0 Å². The Bertz CT molecular complexity index is 896. The molecule has 0 fully saturated rings. The predicted molar refractivity (Wildman–Crippen MR) is 105 cm³/mol. The van der Waals surface area contributed by atoms with Crippen LogP contribution in [0.15, 0.2) is 78.9 Å². The number of nitrogens with one attached hydrogen (secondary N) is 1. The Labute approximate surface area is 148 Å². The second-order valence-corrected chi connectivity index (χ2v) is 6.11. The van der Waals surface area contributed by atoms with E-state index in [0.29, 0.717) is 5.57 Å². The Morgan fingerprint density at radius 1 is 0.840 bits per heavy atom. The number of hydrogen-bond acceptors (Lipinski definition) is 1. The second kappa shape index (κ2) is 7.63. The molecule has 0 aromatic heterocycles. The van der Waals surface area contributed by atoms with Gasteiger partial charge < -0.3 is 5.32 Å². The molecule has 0 heterocycles. The van der Waals surface area contributed by atoms with Gasteiger partial charge in [-0.3, -0.25) is 4.79 Å². The molecule has 0 unspecified atom stereocenters. The highest BCUT2D eigenvalue weighted by Crippen LogP contribution is 2.22. The van der Waals surface area contributed by atoms with Crippen molar-refractivity contribution in [2.45, 2.75) is 13.8 Å². The highest BCUT2D eigenvalue weighted by atomic mass is 16.1. The summed E-state index contributed by atoms with van der Waals surface area (Å²) in [6, 6.07) is 25.7. The van der Waals surface area contributed by atoms with Crippen LogP contribution in [0, 0.1) is 13.8 Å². The third kappa shape index (κ3) is 4.24. The zero-order chi connectivity index (χ0) is 17.6. The summed E-state index contributed by atoms with van der Waals surface area (Å²) in [5.41, 5.74) is 5.61. The lowest BCUT2D eigenvalue weighted by molar-refractivity contribution is -0.111. The lowest BCUT2D eigenvalue weighted by Crippen LogP contribution is -2.14. The van der Waals surface area contributed by atoms with Gasteiger partial charge in [0.25, 0.3) is 5.91 Å². The van der Waals surface area contributed by atoms with Crippen molar-refractivity contribution in [2.24, 2.45) is 0 Å². The Balaban J connectivity index is 1.97. The first-order chi connectivity index (χ1) is 12.1. The molecule has 3 rings (SSSR count). The molecule has 0 atom stereocenters. The van der Waals surface area contributed by atoms with Crippen molar-refractivity contribution in [1.82, 2.24) is 0 Å². The summed E-state index contributed by atoms with van der Waals surface area (Å²) >= 11 is 0. The maximum absolute atomic E-state index is 13.0. The van der Waals surface area contributed by atoms with E-state index in [1.807, 2.05) is 92.7 Å². The van der Waals surface area contributed by atoms with E-state index < -0.39 is 0 Å². The van der Waals surface area contributed by atoms with Crippen LogP contribution in [-0.4, -0.2) is 5.91 Å². The quantitative estimate of drug-likeness (QED) is 0.499. The maximum Gasteiger partial charge on any atom is 0.256 e. The minimum atomic E-state index is -0.109. The fourth-order valence-corrected chi connectivity index (χ4v) is 2.76. The van der Waals surface area contributed by atoms with Gasteiger partial charge in [0.15, 0.2) is 0 Å². The largest absolute Gasteiger partial charge is 0.322 e. The summed E-state index contributed by atoms with van der Waals surface area (Å²) < 4.78 is 0. The lowest BCUT2D eigenvalue weighted by Gasteiger charge is -2.12. The molecule has 124 valence electrons. The van der Waals surface area contributed by atoms with Gasteiger partial charge in [-0.1, -0.05) is 78.4 Å². The molecule has 0 spiro atoms. The summed E-state index contributed by atoms with van der Waals surface area (Å²) in [7, 11) is 0. The first-order valence-electron chi connectivity index (χ1n) is 8.34. The van der Waals surface area contributed by atoms with E-state index in [4.69, 9.17) is 0 Å². The number of aryl methyl sites for hydroxylation is 2. The van der Waals surface area contributed by atoms with Crippen LogP contribution in [0.5, 0.6) is 0 Å². The molecule has 0 radical (unpaired) electrons. The summed E-state index contributed by atoms with van der Waals surface area (Å²) in [6.45, 7) is 4.05. The molecule has 2 heteroatoms. The van der Waals surface area contributed by atoms with Gasteiger partial charge >= 0.3 is 0 Å². The van der Waals surface area contributed by atoms with Crippen LogP contribution in [0.4, 0.5) is 5.69 Å². The highest BCUT2D eigenvalue weighted by molar-refractivity contribution is 6.29. The topological polar surface area (TPSA) is 29.1 Å². The van der Waals surface area contributed by atoms with Gasteiger partial charge in [0.05, 0.1) is 0 Å². The molecule has 1 amide bonds. The van der Waals surface area contributed by atoms with Crippen molar-refractivity contribution in [1.29, 1.82) is 0 Å². The van der Waals surface area contributed by atoms with Crippen LogP contribution in [-0.2, 0) is 4.79 Å². The van der Waals surface area contributed by atoms with E-state index >= 15 is 0 Å². The SMILES string of the molecule is Cc1ccc(NC(=O)/C(=C/c2ccccc2)c2ccccc2)c(C)c1. The molecule has 0 aliphatic rings. The number of rotatable bonds is 4. The van der Waals surface area contributed by atoms with Crippen LogP contribution in [0.3, 0.4) is 0 Å². The number of hydrogen-bond donors (Lipinski definition) is 1. The minimum absolute atomic E-state index is 0.109. The summed E-state index contributed by atoms with van der Waals surface area (Å²) in [4.78, 5) is 13.0. The smallest absolute Gasteiger partial charge is 0.256 e. The third-order valence-electron chi connectivity index (χ3n) is 4.07. The highest BCUT2D eigenvalue weighted by Gasteiger charge is 2.13. The molecule has 3 aromatic carbocycles. The van der Waals surface area contributed by atoms with Crippen molar-refractivity contribution >= 4 is 23.2 Å². The zero-order valence-corrected chi connectivity index (χ0v) is 14.5. The van der Waals surface area contributed by atoms with E-state index in [1.165, 1.54) is 5.56 Å². The van der Waals surface area contributed by atoms with Crippen molar-refractivity contribution in [3.8, 4) is 0 Å². The molecule has 0 aliphatic heterocycles. The van der Waals surface area contributed by atoms with Crippen molar-refractivity contribution in [3.05, 3.63) is 101 Å². The van der Waals surface area contributed by atoms with E-state index in [9.17, 15) is 4.79 Å². The van der Waals surface area contributed by atoms with Crippen LogP contribution < -0.4 is 5.32 Å². The Kier molecular flexibility index (Phi) is 5.10. The Morgan fingerprint density at radius 3 is 2.12 bits per heavy atom. The van der Waals surface area contributed by atoms with Gasteiger partial charge in [0.2, 0.25) is 0 Å². The van der Waals surface area contributed by atoms with Crippen molar-refractivity contribution in [2.75, 3.05) is 5.32 Å². The molecule has 0 aliphatic carbocycles. The number of anilines is 1. The molecular weight excluding hydrogens is 306 g/mol. The van der Waals surface area contributed by atoms with Crippen LogP contribution in [0.1, 0.15) is 22.3 Å². The third-order valence-corrected chi connectivity index (χ3v) is 4.07. The summed E-state index contributed by atoms with van der Waals surface area (Å²) in [6.07, 6.45) is 1.92. The van der Waals surface area contributed by atoms with Gasteiger partial charge in [0, 0.05) is 11.3 Å². The van der Waals surface area contributed by atoms with Gasteiger partial charge in [-0.15, -0.1) is 0 Å². The molecule has 3 aromatic rings. The predicted octanol–water partition coefficient (Wildman–Crippen LogP) is 5.48. The number of carbonyl (C=O) groups is 1. The molecule has 0 bridgehead atoms. The van der Waals surface area contributed by atoms with E-state index in [1.54, 1.807) is 0 Å². The summed E-state index contributed by atoms with van der Waals surface area (Å²) in [5.74, 6) is -0.109. The standard InChI is InChI=1S/C23H21NO/c1-17-13-14-22(18(2)15-17)24-23(25)21(20-11-7-4-8-12-20)16-19-9-5-3-6-10-19/h3-16H,1-2H3,(H,24,25)/b21-16+. The molecule has 0 saturated heterocycles. The first kappa shape index (κ1) is 16.7. The first-order valence-corrected chi connectivity index (χ1v) is 8.34. The average Bonchev–Trinajstić information content (AvgIpc) is 2.63. The Hall–Kier alpha value is -3.13. The van der Waals surface area contributed by atoms with Gasteiger partial charge in [0.1, 0.15) is 0 Å². The van der Waals surface area contributed by atoms with E-state index in [-0.39, 0.29) is 5.91 Å². The molecule has 2 nitrogen and oxygen atoms in total. The van der Waals surface area contributed by atoms with Crippen LogP contribution in [0.2, 0.25) is 0 Å². The molecular formula is C23H21NO. The van der Waals surface area contributed by atoms with E-state index in [2.05, 4.69) is 11.4 Å². The fourth-order valence-electron chi connectivity index (χ4n) is 2.76. The van der Waals surface area contributed by atoms with Gasteiger partial charge in [-0.05, 0) is 42.7 Å². The fraction of sp³-hybridized carbons (Fsp3) is 0.0870. The zero-order valence-electron chi connectivity index (χ0n) is 14.5. The van der Waals surface area contributed by atoms with Gasteiger partial charge in [-0.25, -0.2) is 0 Å². The maximum atomic E-state index is 13.0. The van der Waals surface area contributed by atoms with Gasteiger partial charge in [-0.2, -0.15) is 0 Å². The second-order valence-electron chi connectivity index (χ2n) is 6.11. The Morgan fingerprint density at radius 2 is 1.48 bits per heavy atom. The van der Waals surface area contributed by atoms with Crippen LogP contribution in [0.25, 0.3) is 11.6 Å². The molecule has 25 heavy (non-hydrogen) atoms.